The summed E-state index contributed by atoms with van der Waals surface area (Å²) in [7, 11) is 1.49. The summed E-state index contributed by atoms with van der Waals surface area (Å²) in [6.45, 7) is 0. The highest BCUT2D eigenvalue weighted by atomic mass is 19.4. The quantitative estimate of drug-likeness (QED) is 0.867. The number of halogens is 3. The van der Waals surface area contributed by atoms with Crippen molar-refractivity contribution in [2.24, 2.45) is 4.99 Å². The Morgan fingerprint density at radius 2 is 1.68 bits per heavy atom. The van der Waals surface area contributed by atoms with E-state index in [9.17, 15) is 18.3 Å². The summed E-state index contributed by atoms with van der Waals surface area (Å²) in [5, 5.41) is 9.69. The molecule has 0 bridgehead atoms. The summed E-state index contributed by atoms with van der Waals surface area (Å²) >= 11 is 0. The first-order valence-electron chi connectivity index (χ1n) is 6.14. The minimum atomic E-state index is -4.73. The number of aliphatic imine (C=N–C) groups is 1. The lowest BCUT2D eigenvalue weighted by Gasteiger charge is -2.08. The van der Waals surface area contributed by atoms with Gasteiger partial charge >= 0.3 is 6.36 Å². The van der Waals surface area contributed by atoms with Crippen LogP contribution in [0.25, 0.3) is 0 Å². The van der Waals surface area contributed by atoms with Gasteiger partial charge in [-0.3, -0.25) is 4.99 Å². The molecule has 0 spiro atoms. The molecule has 0 amide bonds. The van der Waals surface area contributed by atoms with Gasteiger partial charge in [0.05, 0.1) is 12.8 Å². The first kappa shape index (κ1) is 15.7. The summed E-state index contributed by atoms with van der Waals surface area (Å²) in [5.41, 5.74) is 0.840. The van der Waals surface area contributed by atoms with Gasteiger partial charge in [0.2, 0.25) is 0 Å². The topological polar surface area (TPSA) is 51.0 Å². The fourth-order valence-electron chi connectivity index (χ4n) is 1.64. The van der Waals surface area contributed by atoms with Crippen LogP contribution in [0.4, 0.5) is 18.9 Å². The summed E-state index contributed by atoms with van der Waals surface area (Å²) in [6, 6.07) is 9.69. The zero-order chi connectivity index (χ0) is 16.2. The Morgan fingerprint density at radius 1 is 1.05 bits per heavy atom. The van der Waals surface area contributed by atoms with Gasteiger partial charge in [-0.05, 0) is 42.5 Å². The monoisotopic (exact) mass is 311 g/mol. The lowest BCUT2D eigenvalue weighted by Crippen LogP contribution is -2.16. The largest absolute Gasteiger partial charge is 0.573 e. The molecule has 0 unspecified atom stereocenters. The number of phenols is 1. The number of ether oxygens (including phenoxy) is 2. The Bertz CT molecular complexity index is 667. The fraction of sp³-hybridized carbons (Fsp3) is 0.133. The summed E-state index contributed by atoms with van der Waals surface area (Å²) in [4.78, 5) is 4.07. The van der Waals surface area contributed by atoms with Crippen molar-refractivity contribution < 1.29 is 27.8 Å². The average Bonchev–Trinajstić information content (AvgIpc) is 2.46. The van der Waals surface area contributed by atoms with Crippen molar-refractivity contribution in [3.05, 3.63) is 48.0 Å². The molecule has 2 aromatic rings. The molecule has 116 valence electrons. The molecule has 0 saturated heterocycles. The van der Waals surface area contributed by atoms with Gasteiger partial charge in [0.25, 0.3) is 0 Å². The zero-order valence-electron chi connectivity index (χ0n) is 11.5. The van der Waals surface area contributed by atoms with E-state index in [2.05, 4.69) is 9.73 Å². The first-order chi connectivity index (χ1) is 10.4. The van der Waals surface area contributed by atoms with Gasteiger partial charge in [-0.25, -0.2) is 0 Å². The van der Waals surface area contributed by atoms with E-state index in [0.29, 0.717) is 17.0 Å². The third-order valence-corrected chi connectivity index (χ3v) is 2.66. The van der Waals surface area contributed by atoms with E-state index in [1.807, 2.05) is 0 Å². The molecular formula is C15H12F3NO3. The molecule has 0 radical (unpaired) electrons. The van der Waals surface area contributed by atoms with Gasteiger partial charge in [0.1, 0.15) is 17.2 Å². The van der Waals surface area contributed by atoms with Crippen LogP contribution in [0.3, 0.4) is 0 Å². The van der Waals surface area contributed by atoms with Crippen molar-refractivity contribution in [3.63, 3.8) is 0 Å². The molecule has 1 N–H and O–H groups in total. The number of rotatable bonds is 4. The number of benzene rings is 2. The molecule has 0 heterocycles. The van der Waals surface area contributed by atoms with Crippen molar-refractivity contribution in [2.45, 2.75) is 6.36 Å². The van der Waals surface area contributed by atoms with E-state index in [4.69, 9.17) is 4.74 Å². The SMILES string of the molecule is COc1ccc(O)c(C=Nc2ccc(OC(F)(F)F)cc2)c1. The summed E-state index contributed by atoms with van der Waals surface area (Å²) < 4.78 is 44.9. The number of hydrogen-bond acceptors (Lipinski definition) is 4. The third kappa shape index (κ3) is 4.41. The van der Waals surface area contributed by atoms with Gasteiger partial charge in [-0.15, -0.1) is 13.2 Å². The van der Waals surface area contributed by atoms with Crippen LogP contribution in [-0.2, 0) is 0 Å². The number of aromatic hydroxyl groups is 1. The number of phenolic OH excluding ortho intramolecular Hbond substituents is 1. The van der Waals surface area contributed by atoms with Crippen molar-refractivity contribution in [1.82, 2.24) is 0 Å². The van der Waals surface area contributed by atoms with Crippen molar-refractivity contribution in [1.29, 1.82) is 0 Å². The maximum atomic E-state index is 12.0. The highest BCUT2D eigenvalue weighted by Crippen LogP contribution is 2.26. The smallest absolute Gasteiger partial charge is 0.507 e. The summed E-state index contributed by atoms with van der Waals surface area (Å²) in [6.07, 6.45) is -3.34. The molecule has 2 rings (SSSR count). The van der Waals surface area contributed by atoms with Crippen LogP contribution in [0.5, 0.6) is 17.2 Å². The Morgan fingerprint density at radius 3 is 2.27 bits per heavy atom. The number of nitrogens with zero attached hydrogens (tertiary/aromatic N) is 1. The molecule has 4 nitrogen and oxygen atoms in total. The molecular weight excluding hydrogens is 299 g/mol. The van der Waals surface area contributed by atoms with Gasteiger partial charge in [-0.1, -0.05) is 0 Å². The Hall–Kier alpha value is -2.70. The molecule has 0 saturated carbocycles. The van der Waals surface area contributed by atoms with E-state index in [-0.39, 0.29) is 11.5 Å². The van der Waals surface area contributed by atoms with E-state index >= 15 is 0 Å². The Kier molecular flexibility index (Phi) is 4.55. The number of methoxy groups -OCH3 is 1. The molecule has 0 aliphatic rings. The van der Waals surface area contributed by atoms with Gasteiger partial charge in [0, 0.05) is 11.8 Å². The van der Waals surface area contributed by atoms with Crippen molar-refractivity contribution in [3.8, 4) is 17.2 Å². The van der Waals surface area contributed by atoms with Gasteiger partial charge < -0.3 is 14.6 Å². The molecule has 2 aromatic carbocycles. The van der Waals surface area contributed by atoms with Crippen LogP contribution in [-0.4, -0.2) is 24.8 Å². The molecule has 0 aliphatic carbocycles. The first-order valence-corrected chi connectivity index (χ1v) is 6.14. The highest BCUT2D eigenvalue weighted by molar-refractivity contribution is 5.85. The average molecular weight is 311 g/mol. The van der Waals surface area contributed by atoms with Crippen molar-refractivity contribution >= 4 is 11.9 Å². The zero-order valence-corrected chi connectivity index (χ0v) is 11.5. The van der Waals surface area contributed by atoms with Crippen LogP contribution in [0.1, 0.15) is 5.56 Å². The second-order valence-corrected chi connectivity index (χ2v) is 4.22. The predicted molar refractivity (Wildman–Crippen MR) is 75.0 cm³/mol. The maximum absolute atomic E-state index is 12.0. The molecule has 0 aromatic heterocycles. The second kappa shape index (κ2) is 6.38. The van der Waals surface area contributed by atoms with Crippen LogP contribution < -0.4 is 9.47 Å². The number of hydrogen-bond donors (Lipinski definition) is 1. The molecule has 0 atom stereocenters. The molecule has 0 aliphatic heterocycles. The van der Waals surface area contributed by atoms with E-state index in [0.717, 1.165) is 12.1 Å². The molecule has 7 heteroatoms. The molecule has 0 fully saturated rings. The fourth-order valence-corrected chi connectivity index (χ4v) is 1.64. The van der Waals surface area contributed by atoms with Gasteiger partial charge in [0.15, 0.2) is 0 Å². The standard InChI is InChI=1S/C15H12F3NO3/c1-21-13-6-7-14(20)10(8-13)9-19-11-2-4-12(5-3-11)22-15(16,17)18/h2-9,20H,1H3. The van der Waals surface area contributed by atoms with Crippen LogP contribution in [0.2, 0.25) is 0 Å². The van der Waals surface area contributed by atoms with Crippen molar-refractivity contribution in [2.75, 3.05) is 7.11 Å². The normalized spacial score (nSPS) is 11.6. The maximum Gasteiger partial charge on any atom is 0.573 e. The van der Waals surface area contributed by atoms with E-state index in [1.165, 1.54) is 31.5 Å². The van der Waals surface area contributed by atoms with Crippen LogP contribution >= 0.6 is 0 Å². The van der Waals surface area contributed by atoms with E-state index < -0.39 is 6.36 Å². The van der Waals surface area contributed by atoms with Gasteiger partial charge in [-0.2, -0.15) is 0 Å². The lowest BCUT2D eigenvalue weighted by molar-refractivity contribution is -0.274. The molecule has 22 heavy (non-hydrogen) atoms. The third-order valence-electron chi connectivity index (χ3n) is 2.66. The second-order valence-electron chi connectivity index (χ2n) is 4.22. The van der Waals surface area contributed by atoms with Crippen LogP contribution in [0.15, 0.2) is 47.5 Å². The Labute approximate surface area is 124 Å². The summed E-state index contributed by atoms with van der Waals surface area (Å²) in [5.74, 6) is 0.241. The predicted octanol–water partition coefficient (Wildman–Crippen LogP) is 4.05. The van der Waals surface area contributed by atoms with E-state index in [1.54, 1.807) is 12.1 Å². The van der Waals surface area contributed by atoms with Crippen LogP contribution in [0, 0.1) is 0 Å². The minimum absolute atomic E-state index is 0.0153. The number of alkyl halides is 3. The minimum Gasteiger partial charge on any atom is -0.507 e. The highest BCUT2D eigenvalue weighted by Gasteiger charge is 2.30. The Balaban J connectivity index is 2.13. The lowest BCUT2D eigenvalue weighted by atomic mass is 10.2.